The third kappa shape index (κ3) is 2.39. The van der Waals surface area contributed by atoms with Crippen molar-refractivity contribution < 1.29 is 0 Å². The summed E-state index contributed by atoms with van der Waals surface area (Å²) in [5.41, 5.74) is 2.73. The molecule has 0 aliphatic heterocycles. The zero-order valence-corrected chi connectivity index (χ0v) is 10.1. The Morgan fingerprint density at radius 1 is 1.29 bits per heavy atom. The van der Waals surface area contributed by atoms with E-state index in [9.17, 15) is 0 Å². The Morgan fingerprint density at radius 3 is 2.76 bits per heavy atom. The third-order valence-corrected chi connectivity index (χ3v) is 3.38. The molecule has 88 valence electrons. The largest absolute Gasteiger partial charge is 0.307 e. The Bertz CT molecular complexity index is 497. The molecule has 3 rings (SSSR count). The SMILES string of the molecule is CC1(NCc2cnn(-c3ccccc3)c2)CC1. The van der Waals surface area contributed by atoms with Crippen molar-refractivity contribution in [3.8, 4) is 5.69 Å². The first kappa shape index (κ1) is 10.5. The van der Waals surface area contributed by atoms with Gasteiger partial charge in [-0.2, -0.15) is 5.10 Å². The zero-order valence-electron chi connectivity index (χ0n) is 10.1. The number of rotatable bonds is 4. The van der Waals surface area contributed by atoms with Crippen LogP contribution in [0, 0.1) is 0 Å². The molecule has 0 amide bonds. The van der Waals surface area contributed by atoms with Crippen molar-refractivity contribution >= 4 is 0 Å². The van der Waals surface area contributed by atoms with E-state index >= 15 is 0 Å². The van der Waals surface area contributed by atoms with Crippen LogP contribution in [0.25, 0.3) is 5.69 Å². The minimum Gasteiger partial charge on any atom is -0.307 e. The lowest BCUT2D eigenvalue weighted by molar-refractivity contribution is 0.538. The number of hydrogen-bond acceptors (Lipinski definition) is 2. The molecule has 1 fully saturated rings. The van der Waals surface area contributed by atoms with Crippen LogP contribution >= 0.6 is 0 Å². The van der Waals surface area contributed by atoms with Gasteiger partial charge in [0.05, 0.1) is 11.9 Å². The van der Waals surface area contributed by atoms with Crippen LogP contribution in [-0.4, -0.2) is 15.3 Å². The summed E-state index contributed by atoms with van der Waals surface area (Å²) in [6, 6.07) is 10.2. The minimum absolute atomic E-state index is 0.384. The standard InChI is InChI=1S/C14H17N3/c1-14(7-8-14)15-9-12-10-16-17(11-12)13-5-3-2-4-6-13/h2-6,10-11,15H,7-9H2,1H3. The Morgan fingerprint density at radius 2 is 2.06 bits per heavy atom. The highest BCUT2D eigenvalue weighted by Gasteiger charge is 2.36. The summed E-state index contributed by atoms with van der Waals surface area (Å²) in [4.78, 5) is 0. The summed E-state index contributed by atoms with van der Waals surface area (Å²) in [6.07, 6.45) is 6.61. The van der Waals surface area contributed by atoms with Crippen LogP contribution in [0.2, 0.25) is 0 Å². The van der Waals surface area contributed by atoms with Gasteiger partial charge in [0.15, 0.2) is 0 Å². The topological polar surface area (TPSA) is 29.9 Å². The number of benzene rings is 1. The first-order valence-corrected chi connectivity index (χ1v) is 6.09. The molecule has 0 unspecified atom stereocenters. The molecular weight excluding hydrogens is 210 g/mol. The van der Waals surface area contributed by atoms with Gasteiger partial charge in [0, 0.05) is 23.8 Å². The fourth-order valence-corrected chi connectivity index (χ4v) is 1.85. The van der Waals surface area contributed by atoms with Gasteiger partial charge in [-0.1, -0.05) is 18.2 Å². The molecular formula is C14H17N3. The predicted octanol–water partition coefficient (Wildman–Crippen LogP) is 2.51. The molecule has 2 aromatic rings. The van der Waals surface area contributed by atoms with E-state index in [4.69, 9.17) is 0 Å². The van der Waals surface area contributed by atoms with Gasteiger partial charge in [-0.25, -0.2) is 4.68 Å². The molecule has 0 bridgehead atoms. The lowest BCUT2D eigenvalue weighted by Crippen LogP contribution is -2.26. The normalized spacial score (nSPS) is 17.0. The molecule has 0 saturated heterocycles. The Balaban J connectivity index is 1.70. The fourth-order valence-electron chi connectivity index (χ4n) is 1.85. The summed E-state index contributed by atoms with van der Waals surface area (Å²) >= 11 is 0. The van der Waals surface area contributed by atoms with Gasteiger partial charge in [0.2, 0.25) is 0 Å². The van der Waals surface area contributed by atoms with Crippen LogP contribution in [0.3, 0.4) is 0 Å². The molecule has 1 saturated carbocycles. The minimum atomic E-state index is 0.384. The Labute approximate surface area is 101 Å². The lowest BCUT2D eigenvalue weighted by Gasteiger charge is -2.09. The van der Waals surface area contributed by atoms with Crippen molar-refractivity contribution in [2.45, 2.75) is 31.8 Å². The van der Waals surface area contributed by atoms with Crippen molar-refractivity contribution in [3.63, 3.8) is 0 Å². The molecule has 0 atom stereocenters. The van der Waals surface area contributed by atoms with Gasteiger partial charge < -0.3 is 5.32 Å². The van der Waals surface area contributed by atoms with Crippen molar-refractivity contribution in [2.75, 3.05) is 0 Å². The number of nitrogens with zero attached hydrogens (tertiary/aromatic N) is 2. The molecule has 1 aliphatic rings. The van der Waals surface area contributed by atoms with E-state index in [2.05, 4.69) is 35.7 Å². The van der Waals surface area contributed by atoms with E-state index < -0.39 is 0 Å². The van der Waals surface area contributed by atoms with E-state index in [1.807, 2.05) is 29.1 Å². The van der Waals surface area contributed by atoms with Crippen molar-refractivity contribution in [2.24, 2.45) is 0 Å². The van der Waals surface area contributed by atoms with E-state index in [1.165, 1.54) is 18.4 Å². The van der Waals surface area contributed by atoms with Gasteiger partial charge >= 0.3 is 0 Å². The molecule has 3 heteroatoms. The average Bonchev–Trinajstić information content (AvgIpc) is 2.93. The second-order valence-corrected chi connectivity index (χ2v) is 5.04. The highest BCUT2D eigenvalue weighted by molar-refractivity contribution is 5.30. The molecule has 1 aromatic carbocycles. The Kier molecular flexibility index (Phi) is 2.48. The summed E-state index contributed by atoms with van der Waals surface area (Å²) in [5, 5.41) is 7.94. The molecule has 1 aromatic heterocycles. The summed E-state index contributed by atoms with van der Waals surface area (Å²) in [5.74, 6) is 0. The van der Waals surface area contributed by atoms with Crippen LogP contribution < -0.4 is 5.32 Å². The molecule has 1 N–H and O–H groups in total. The lowest BCUT2D eigenvalue weighted by atomic mass is 10.3. The van der Waals surface area contributed by atoms with Crippen LogP contribution in [0.4, 0.5) is 0 Å². The maximum Gasteiger partial charge on any atom is 0.0645 e. The highest BCUT2D eigenvalue weighted by atomic mass is 15.3. The first-order valence-electron chi connectivity index (χ1n) is 6.09. The predicted molar refractivity (Wildman–Crippen MR) is 68.0 cm³/mol. The molecule has 0 spiro atoms. The maximum absolute atomic E-state index is 4.38. The smallest absolute Gasteiger partial charge is 0.0645 e. The van der Waals surface area contributed by atoms with Crippen LogP contribution in [0.5, 0.6) is 0 Å². The van der Waals surface area contributed by atoms with Crippen LogP contribution in [-0.2, 0) is 6.54 Å². The van der Waals surface area contributed by atoms with Crippen LogP contribution in [0.1, 0.15) is 25.3 Å². The Hall–Kier alpha value is -1.61. The van der Waals surface area contributed by atoms with E-state index in [1.54, 1.807) is 0 Å². The van der Waals surface area contributed by atoms with E-state index in [0.717, 1.165) is 12.2 Å². The molecule has 17 heavy (non-hydrogen) atoms. The maximum atomic E-state index is 4.38. The third-order valence-electron chi connectivity index (χ3n) is 3.38. The number of aromatic nitrogens is 2. The van der Waals surface area contributed by atoms with Crippen LogP contribution in [0.15, 0.2) is 42.7 Å². The summed E-state index contributed by atoms with van der Waals surface area (Å²) in [6.45, 7) is 3.18. The molecule has 0 radical (unpaired) electrons. The zero-order chi connectivity index (χ0) is 11.7. The van der Waals surface area contributed by atoms with Crippen molar-refractivity contribution in [3.05, 3.63) is 48.3 Å². The first-order chi connectivity index (χ1) is 8.25. The van der Waals surface area contributed by atoms with Gasteiger partial charge in [-0.3, -0.25) is 0 Å². The summed E-state index contributed by atoms with van der Waals surface area (Å²) < 4.78 is 1.92. The van der Waals surface area contributed by atoms with Gasteiger partial charge in [-0.15, -0.1) is 0 Å². The van der Waals surface area contributed by atoms with Crippen molar-refractivity contribution in [1.82, 2.24) is 15.1 Å². The number of hydrogen-bond donors (Lipinski definition) is 1. The second-order valence-electron chi connectivity index (χ2n) is 5.04. The molecule has 1 aliphatic carbocycles. The average molecular weight is 227 g/mol. The molecule has 3 nitrogen and oxygen atoms in total. The van der Waals surface area contributed by atoms with Gasteiger partial charge in [-0.05, 0) is 31.9 Å². The number of nitrogens with one attached hydrogen (secondary N) is 1. The second kappa shape index (κ2) is 4.00. The number of para-hydroxylation sites is 1. The molecule has 1 heterocycles. The van der Waals surface area contributed by atoms with Gasteiger partial charge in [0.25, 0.3) is 0 Å². The highest BCUT2D eigenvalue weighted by Crippen LogP contribution is 2.34. The van der Waals surface area contributed by atoms with Crippen molar-refractivity contribution in [1.29, 1.82) is 0 Å². The van der Waals surface area contributed by atoms with Gasteiger partial charge in [0.1, 0.15) is 0 Å². The van der Waals surface area contributed by atoms with E-state index in [0.29, 0.717) is 5.54 Å². The van der Waals surface area contributed by atoms with E-state index in [-0.39, 0.29) is 0 Å². The quantitative estimate of drug-likeness (QED) is 0.869. The monoisotopic (exact) mass is 227 g/mol. The summed E-state index contributed by atoms with van der Waals surface area (Å²) in [7, 11) is 0. The fraction of sp³-hybridized carbons (Fsp3) is 0.357.